The van der Waals surface area contributed by atoms with Crippen molar-refractivity contribution in [1.29, 1.82) is 0 Å². The van der Waals surface area contributed by atoms with Crippen LogP contribution in [-0.2, 0) is 0 Å². The van der Waals surface area contributed by atoms with Gasteiger partial charge in [0, 0.05) is 16.9 Å². The Balaban J connectivity index is 2.10. The molecule has 0 heterocycles. The fourth-order valence-electron chi connectivity index (χ4n) is 1.76. The zero-order valence-corrected chi connectivity index (χ0v) is 11.2. The average molecular weight is 288 g/mol. The number of carbonyl (C=O) groups excluding carboxylic acids is 1. The summed E-state index contributed by atoms with van der Waals surface area (Å²) in [7, 11) is 0. The molecular formula is C15H13FN2O3. The Morgan fingerprint density at radius 1 is 1.10 bits per heavy atom. The van der Waals surface area contributed by atoms with Crippen LogP contribution in [0.1, 0.15) is 15.9 Å². The second kappa shape index (κ2) is 6.04. The van der Waals surface area contributed by atoms with Crippen LogP contribution in [0.4, 0.5) is 20.6 Å². The highest BCUT2D eigenvalue weighted by molar-refractivity contribution is 6.01. The molecule has 2 rings (SSSR count). The summed E-state index contributed by atoms with van der Waals surface area (Å²) < 4.78 is 13.4. The minimum Gasteiger partial charge on any atom is -0.478 e. The van der Waals surface area contributed by atoms with E-state index in [1.807, 2.05) is 0 Å². The maximum Gasteiger partial charge on any atom is 0.335 e. The lowest BCUT2D eigenvalue weighted by Gasteiger charge is -2.10. The molecule has 0 unspecified atom stereocenters. The summed E-state index contributed by atoms with van der Waals surface area (Å²) in [6, 6.07) is 9.62. The first-order chi connectivity index (χ1) is 9.97. The summed E-state index contributed by atoms with van der Waals surface area (Å²) in [5.41, 5.74) is 1.07. The molecule has 0 saturated heterocycles. The Kier molecular flexibility index (Phi) is 4.18. The molecule has 0 fully saturated rings. The van der Waals surface area contributed by atoms with E-state index in [0.717, 1.165) is 0 Å². The van der Waals surface area contributed by atoms with Crippen LogP contribution in [0.25, 0.3) is 0 Å². The largest absolute Gasteiger partial charge is 0.478 e. The Morgan fingerprint density at radius 3 is 2.52 bits per heavy atom. The Labute approximate surface area is 120 Å². The van der Waals surface area contributed by atoms with Crippen LogP contribution in [0.2, 0.25) is 0 Å². The van der Waals surface area contributed by atoms with Gasteiger partial charge in [-0.2, -0.15) is 0 Å². The van der Waals surface area contributed by atoms with Gasteiger partial charge in [0.1, 0.15) is 5.82 Å². The fourth-order valence-corrected chi connectivity index (χ4v) is 1.76. The highest BCUT2D eigenvalue weighted by Crippen LogP contribution is 2.18. The number of halogens is 1. The normalized spacial score (nSPS) is 10.0. The molecule has 2 aromatic carbocycles. The molecule has 0 aliphatic rings. The van der Waals surface area contributed by atoms with Crippen molar-refractivity contribution in [2.24, 2.45) is 0 Å². The van der Waals surface area contributed by atoms with Crippen molar-refractivity contribution in [3.63, 3.8) is 0 Å². The van der Waals surface area contributed by atoms with Gasteiger partial charge in [-0.3, -0.25) is 0 Å². The average Bonchev–Trinajstić information content (AvgIpc) is 2.44. The van der Waals surface area contributed by atoms with Crippen LogP contribution in [0.15, 0.2) is 42.5 Å². The van der Waals surface area contributed by atoms with Gasteiger partial charge >= 0.3 is 12.0 Å². The van der Waals surface area contributed by atoms with Crippen LogP contribution in [0, 0.1) is 12.7 Å². The molecule has 0 aliphatic carbocycles. The summed E-state index contributed by atoms with van der Waals surface area (Å²) in [5, 5.41) is 13.9. The van der Waals surface area contributed by atoms with E-state index in [2.05, 4.69) is 10.6 Å². The fraction of sp³-hybridized carbons (Fsp3) is 0.0667. The molecule has 0 saturated carbocycles. The SMILES string of the molecule is Cc1c(F)cccc1NC(=O)Nc1cccc(C(=O)O)c1. The van der Waals surface area contributed by atoms with E-state index in [-0.39, 0.29) is 5.56 Å². The second-order valence-electron chi connectivity index (χ2n) is 4.38. The topological polar surface area (TPSA) is 78.4 Å². The third kappa shape index (κ3) is 3.56. The van der Waals surface area contributed by atoms with Gasteiger partial charge < -0.3 is 15.7 Å². The number of rotatable bonds is 3. The van der Waals surface area contributed by atoms with Gasteiger partial charge in [-0.1, -0.05) is 12.1 Å². The van der Waals surface area contributed by atoms with Crippen molar-refractivity contribution in [1.82, 2.24) is 0 Å². The van der Waals surface area contributed by atoms with Crippen LogP contribution in [0.3, 0.4) is 0 Å². The predicted molar refractivity (Wildman–Crippen MR) is 77.2 cm³/mol. The van der Waals surface area contributed by atoms with E-state index in [4.69, 9.17) is 5.11 Å². The summed E-state index contributed by atoms with van der Waals surface area (Å²) in [4.78, 5) is 22.7. The quantitative estimate of drug-likeness (QED) is 0.809. The summed E-state index contributed by atoms with van der Waals surface area (Å²) in [6.45, 7) is 1.55. The van der Waals surface area contributed by atoms with Crippen molar-refractivity contribution in [3.05, 3.63) is 59.4 Å². The number of hydrogen-bond donors (Lipinski definition) is 3. The van der Waals surface area contributed by atoms with Crippen LogP contribution in [-0.4, -0.2) is 17.1 Å². The Hall–Kier alpha value is -2.89. The summed E-state index contributed by atoms with van der Waals surface area (Å²) in [6.07, 6.45) is 0. The first kappa shape index (κ1) is 14.5. The molecule has 5 nitrogen and oxygen atoms in total. The molecule has 108 valence electrons. The number of anilines is 2. The van der Waals surface area contributed by atoms with Crippen LogP contribution in [0.5, 0.6) is 0 Å². The van der Waals surface area contributed by atoms with E-state index in [1.165, 1.54) is 30.3 Å². The number of urea groups is 1. The van der Waals surface area contributed by atoms with Crippen molar-refractivity contribution in [2.45, 2.75) is 6.92 Å². The molecule has 6 heteroatoms. The third-order valence-electron chi connectivity index (χ3n) is 2.88. The van der Waals surface area contributed by atoms with Crippen LogP contribution < -0.4 is 10.6 Å². The number of carbonyl (C=O) groups is 2. The smallest absolute Gasteiger partial charge is 0.335 e. The molecule has 3 N–H and O–H groups in total. The summed E-state index contributed by atoms with van der Waals surface area (Å²) >= 11 is 0. The summed E-state index contributed by atoms with van der Waals surface area (Å²) in [5.74, 6) is -1.50. The number of hydrogen-bond acceptors (Lipinski definition) is 2. The van der Waals surface area contributed by atoms with Gasteiger partial charge in [-0.15, -0.1) is 0 Å². The number of carboxylic acids is 1. The zero-order chi connectivity index (χ0) is 15.4. The lowest BCUT2D eigenvalue weighted by atomic mass is 10.2. The van der Waals surface area contributed by atoms with Gasteiger partial charge in [0.25, 0.3) is 0 Å². The van der Waals surface area contributed by atoms with Crippen molar-refractivity contribution in [3.8, 4) is 0 Å². The third-order valence-corrected chi connectivity index (χ3v) is 2.88. The molecule has 0 radical (unpaired) electrons. The highest BCUT2D eigenvalue weighted by atomic mass is 19.1. The van der Waals surface area contributed by atoms with Crippen molar-refractivity contribution < 1.29 is 19.1 Å². The number of aromatic carboxylic acids is 1. The minimum atomic E-state index is -1.08. The molecular weight excluding hydrogens is 275 g/mol. The van der Waals surface area contributed by atoms with Crippen molar-refractivity contribution in [2.75, 3.05) is 10.6 Å². The highest BCUT2D eigenvalue weighted by Gasteiger charge is 2.09. The van der Waals surface area contributed by atoms with E-state index in [0.29, 0.717) is 16.9 Å². The first-order valence-corrected chi connectivity index (χ1v) is 6.14. The van der Waals surface area contributed by atoms with E-state index >= 15 is 0 Å². The number of carboxylic acid groups (broad SMARTS) is 1. The molecule has 0 aromatic heterocycles. The maximum absolute atomic E-state index is 13.4. The zero-order valence-electron chi connectivity index (χ0n) is 11.2. The first-order valence-electron chi connectivity index (χ1n) is 6.14. The van der Waals surface area contributed by atoms with Gasteiger partial charge in [0.2, 0.25) is 0 Å². The molecule has 0 bridgehead atoms. The lowest BCUT2D eigenvalue weighted by molar-refractivity contribution is 0.0697. The van der Waals surface area contributed by atoms with Gasteiger partial charge in [-0.05, 0) is 37.3 Å². The van der Waals surface area contributed by atoms with E-state index < -0.39 is 17.8 Å². The number of nitrogens with one attached hydrogen (secondary N) is 2. The maximum atomic E-state index is 13.4. The van der Waals surface area contributed by atoms with Gasteiger partial charge in [0.05, 0.1) is 5.56 Å². The van der Waals surface area contributed by atoms with E-state index in [1.54, 1.807) is 19.1 Å². The Morgan fingerprint density at radius 2 is 1.81 bits per heavy atom. The molecule has 0 atom stereocenters. The van der Waals surface area contributed by atoms with Gasteiger partial charge in [-0.25, -0.2) is 14.0 Å². The molecule has 2 aromatic rings. The number of amides is 2. The molecule has 0 spiro atoms. The molecule has 2 amide bonds. The standard InChI is InChI=1S/C15H13FN2O3/c1-9-12(16)6-3-7-13(9)18-15(21)17-11-5-2-4-10(8-11)14(19)20/h2-8H,1H3,(H,19,20)(H2,17,18,21). The van der Waals surface area contributed by atoms with Crippen LogP contribution >= 0.6 is 0 Å². The number of benzene rings is 2. The predicted octanol–water partition coefficient (Wildman–Crippen LogP) is 3.48. The Bertz CT molecular complexity index is 701. The molecule has 21 heavy (non-hydrogen) atoms. The van der Waals surface area contributed by atoms with Gasteiger partial charge in [0.15, 0.2) is 0 Å². The second-order valence-corrected chi connectivity index (χ2v) is 4.38. The van der Waals surface area contributed by atoms with E-state index in [9.17, 15) is 14.0 Å². The lowest BCUT2D eigenvalue weighted by Crippen LogP contribution is -2.20. The molecule has 0 aliphatic heterocycles. The minimum absolute atomic E-state index is 0.0646. The van der Waals surface area contributed by atoms with Crippen molar-refractivity contribution >= 4 is 23.4 Å². The monoisotopic (exact) mass is 288 g/mol.